The van der Waals surface area contributed by atoms with Crippen LogP contribution in [-0.4, -0.2) is 55.5 Å². The molecule has 3 aromatic carbocycles. The minimum absolute atomic E-state index is 0.119. The summed E-state index contributed by atoms with van der Waals surface area (Å²) in [6.07, 6.45) is -0.772. The number of para-hydroxylation sites is 2. The number of rotatable bonds is 5. The summed E-state index contributed by atoms with van der Waals surface area (Å²) in [5, 5.41) is 2.94. The van der Waals surface area contributed by atoms with Crippen molar-refractivity contribution in [2.24, 2.45) is 0 Å². The number of nitrogens with one attached hydrogen (secondary N) is 1. The quantitative estimate of drug-likeness (QED) is 0.615. The van der Waals surface area contributed by atoms with Crippen LogP contribution in [0.3, 0.4) is 0 Å². The fourth-order valence-corrected chi connectivity index (χ4v) is 4.65. The summed E-state index contributed by atoms with van der Waals surface area (Å²) in [7, 11) is 0. The Balaban J connectivity index is 1.16. The van der Waals surface area contributed by atoms with E-state index in [4.69, 9.17) is 4.74 Å². The lowest BCUT2D eigenvalue weighted by Crippen LogP contribution is -2.48. The molecule has 0 aliphatic carbocycles. The van der Waals surface area contributed by atoms with E-state index in [1.54, 1.807) is 11.0 Å². The van der Waals surface area contributed by atoms with Crippen LogP contribution in [0.25, 0.3) is 0 Å². The van der Waals surface area contributed by atoms with Crippen molar-refractivity contribution in [1.29, 1.82) is 0 Å². The lowest BCUT2D eigenvalue weighted by molar-refractivity contribution is -0.123. The molecule has 0 unspecified atom stereocenters. The highest BCUT2D eigenvalue weighted by Gasteiger charge is 2.32. The molecule has 1 saturated heterocycles. The highest BCUT2D eigenvalue weighted by atomic mass is 16.5. The van der Waals surface area contributed by atoms with E-state index in [0.717, 1.165) is 38.4 Å². The summed E-state index contributed by atoms with van der Waals surface area (Å²) in [5.74, 6) is 0.149. The van der Waals surface area contributed by atoms with Gasteiger partial charge in [0.25, 0.3) is 5.91 Å². The van der Waals surface area contributed by atoms with Crippen LogP contribution < -0.4 is 19.9 Å². The SMILES string of the molecule is CC(=O)N1C[C@@H](C(=O)Nc2ccc(N3CCN(Cc4ccccc4)CC3)cc2)Oc2ccccc21. The summed E-state index contributed by atoms with van der Waals surface area (Å²) in [5.41, 5.74) is 3.89. The fourth-order valence-electron chi connectivity index (χ4n) is 4.65. The number of nitrogens with zero attached hydrogens (tertiary/aromatic N) is 3. The molecule has 0 radical (unpaired) electrons. The molecule has 2 aliphatic heterocycles. The molecule has 2 heterocycles. The van der Waals surface area contributed by atoms with E-state index in [-0.39, 0.29) is 18.4 Å². The number of hydrogen-bond donors (Lipinski definition) is 1. The van der Waals surface area contributed by atoms with Crippen LogP contribution in [0.1, 0.15) is 12.5 Å². The van der Waals surface area contributed by atoms with Crippen molar-refractivity contribution in [1.82, 2.24) is 4.90 Å². The second-order valence-corrected chi connectivity index (χ2v) is 8.99. The number of hydrogen-bond acceptors (Lipinski definition) is 5. The van der Waals surface area contributed by atoms with Gasteiger partial charge in [-0.3, -0.25) is 14.5 Å². The zero-order chi connectivity index (χ0) is 24.2. The predicted octanol–water partition coefficient (Wildman–Crippen LogP) is 3.76. The molecule has 1 fully saturated rings. The van der Waals surface area contributed by atoms with Crippen LogP contribution in [0.2, 0.25) is 0 Å². The minimum Gasteiger partial charge on any atom is -0.476 e. The van der Waals surface area contributed by atoms with Gasteiger partial charge in [-0.2, -0.15) is 0 Å². The summed E-state index contributed by atoms with van der Waals surface area (Å²) < 4.78 is 5.90. The van der Waals surface area contributed by atoms with Crippen molar-refractivity contribution in [3.63, 3.8) is 0 Å². The first kappa shape index (κ1) is 22.9. The summed E-state index contributed by atoms with van der Waals surface area (Å²) >= 11 is 0. The van der Waals surface area contributed by atoms with E-state index < -0.39 is 6.10 Å². The number of anilines is 3. The van der Waals surface area contributed by atoms with Crippen LogP contribution in [0.5, 0.6) is 5.75 Å². The third-order valence-electron chi connectivity index (χ3n) is 6.57. The Morgan fingerprint density at radius 1 is 0.886 bits per heavy atom. The number of fused-ring (bicyclic) bond motifs is 1. The third-order valence-corrected chi connectivity index (χ3v) is 6.57. The van der Waals surface area contributed by atoms with Gasteiger partial charge in [0.05, 0.1) is 12.2 Å². The highest BCUT2D eigenvalue weighted by molar-refractivity contribution is 5.99. The van der Waals surface area contributed by atoms with Gasteiger partial charge in [-0.25, -0.2) is 0 Å². The molecule has 35 heavy (non-hydrogen) atoms. The van der Waals surface area contributed by atoms with Gasteiger partial charge >= 0.3 is 0 Å². The average Bonchev–Trinajstić information content (AvgIpc) is 2.89. The molecule has 0 bridgehead atoms. The Labute approximate surface area is 205 Å². The summed E-state index contributed by atoms with van der Waals surface area (Å²) in [6.45, 7) is 6.62. The van der Waals surface area contributed by atoms with Crippen molar-refractivity contribution in [3.05, 3.63) is 84.4 Å². The lowest BCUT2D eigenvalue weighted by atomic mass is 10.1. The van der Waals surface area contributed by atoms with Crippen molar-refractivity contribution in [2.45, 2.75) is 19.6 Å². The highest BCUT2D eigenvalue weighted by Crippen LogP contribution is 2.33. The van der Waals surface area contributed by atoms with Gasteiger partial charge < -0.3 is 19.9 Å². The Kier molecular flexibility index (Phi) is 6.68. The molecule has 180 valence electrons. The summed E-state index contributed by atoms with van der Waals surface area (Å²) in [6, 6.07) is 25.8. The van der Waals surface area contributed by atoms with Gasteiger partial charge in [-0.05, 0) is 42.0 Å². The van der Waals surface area contributed by atoms with Crippen molar-refractivity contribution < 1.29 is 14.3 Å². The molecule has 3 aromatic rings. The van der Waals surface area contributed by atoms with Gasteiger partial charge in [0.15, 0.2) is 6.10 Å². The molecule has 7 nitrogen and oxygen atoms in total. The topological polar surface area (TPSA) is 65.1 Å². The Morgan fingerprint density at radius 2 is 1.57 bits per heavy atom. The second kappa shape index (κ2) is 10.2. The monoisotopic (exact) mass is 470 g/mol. The van der Waals surface area contributed by atoms with Crippen LogP contribution in [0.4, 0.5) is 17.1 Å². The van der Waals surface area contributed by atoms with Crippen molar-refractivity contribution in [3.8, 4) is 5.75 Å². The first-order chi connectivity index (χ1) is 17.1. The average molecular weight is 471 g/mol. The normalized spacial score (nSPS) is 17.9. The molecule has 1 N–H and O–H groups in total. The van der Waals surface area contributed by atoms with E-state index in [1.165, 1.54) is 12.5 Å². The van der Waals surface area contributed by atoms with Crippen LogP contribution in [0, 0.1) is 0 Å². The minimum atomic E-state index is -0.772. The number of benzene rings is 3. The Morgan fingerprint density at radius 3 is 2.29 bits per heavy atom. The molecule has 0 aromatic heterocycles. The van der Waals surface area contributed by atoms with Gasteiger partial charge in [0, 0.05) is 51.0 Å². The van der Waals surface area contributed by atoms with E-state index >= 15 is 0 Å². The number of carbonyl (C=O) groups is 2. The van der Waals surface area contributed by atoms with Crippen molar-refractivity contribution in [2.75, 3.05) is 47.8 Å². The maximum atomic E-state index is 12.9. The fraction of sp³-hybridized carbons (Fsp3) is 0.286. The van der Waals surface area contributed by atoms with Crippen LogP contribution in [-0.2, 0) is 16.1 Å². The zero-order valence-corrected chi connectivity index (χ0v) is 19.9. The lowest BCUT2D eigenvalue weighted by Gasteiger charge is -2.36. The Hall–Kier alpha value is -3.84. The smallest absolute Gasteiger partial charge is 0.267 e. The standard InChI is InChI=1S/C28H30N4O3/c1-21(33)32-20-27(35-26-10-6-5-9-25(26)32)28(34)29-23-11-13-24(14-12-23)31-17-15-30(16-18-31)19-22-7-3-2-4-8-22/h2-14,27H,15-20H2,1H3,(H,29,34)/t27-/m0/s1. The molecule has 0 spiro atoms. The molecular formula is C28H30N4O3. The van der Waals surface area contributed by atoms with Crippen LogP contribution in [0.15, 0.2) is 78.9 Å². The van der Waals surface area contributed by atoms with Gasteiger partial charge in [0.1, 0.15) is 5.75 Å². The van der Waals surface area contributed by atoms with E-state index in [2.05, 4.69) is 45.4 Å². The molecule has 1 atom stereocenters. The first-order valence-electron chi connectivity index (χ1n) is 12.0. The third kappa shape index (κ3) is 5.30. The number of piperazine rings is 1. The first-order valence-corrected chi connectivity index (χ1v) is 12.0. The maximum Gasteiger partial charge on any atom is 0.267 e. The van der Waals surface area contributed by atoms with E-state index in [9.17, 15) is 9.59 Å². The zero-order valence-electron chi connectivity index (χ0n) is 19.9. The van der Waals surface area contributed by atoms with E-state index in [1.807, 2.05) is 42.5 Å². The molecule has 7 heteroatoms. The van der Waals surface area contributed by atoms with Crippen molar-refractivity contribution >= 4 is 28.9 Å². The maximum absolute atomic E-state index is 12.9. The molecule has 5 rings (SSSR count). The van der Waals surface area contributed by atoms with Gasteiger partial charge in [-0.15, -0.1) is 0 Å². The molecular weight excluding hydrogens is 440 g/mol. The van der Waals surface area contributed by atoms with Gasteiger partial charge in [0.2, 0.25) is 5.91 Å². The van der Waals surface area contributed by atoms with Crippen LogP contribution >= 0.6 is 0 Å². The Bertz CT molecular complexity index is 1170. The number of amides is 2. The molecule has 2 amide bonds. The summed E-state index contributed by atoms with van der Waals surface area (Å²) in [4.78, 5) is 31.5. The predicted molar refractivity (Wildman–Crippen MR) is 138 cm³/mol. The van der Waals surface area contributed by atoms with E-state index in [0.29, 0.717) is 17.1 Å². The molecule has 0 saturated carbocycles. The second-order valence-electron chi connectivity index (χ2n) is 8.99. The number of ether oxygens (including phenoxy) is 1. The largest absolute Gasteiger partial charge is 0.476 e. The number of carbonyl (C=O) groups excluding carboxylic acids is 2. The van der Waals surface area contributed by atoms with Gasteiger partial charge in [-0.1, -0.05) is 42.5 Å². The molecule has 2 aliphatic rings.